The Morgan fingerprint density at radius 2 is 1.78 bits per heavy atom. The van der Waals surface area contributed by atoms with E-state index in [1.54, 1.807) is 12.1 Å². The SMILES string of the molecule is N#Cc1ccc(Nc2c(Br)cccc2Br)cc1N. The molecule has 2 aromatic rings. The van der Waals surface area contributed by atoms with Gasteiger partial charge in [-0.15, -0.1) is 0 Å². The van der Waals surface area contributed by atoms with E-state index in [2.05, 4.69) is 37.2 Å². The van der Waals surface area contributed by atoms with Crippen molar-refractivity contribution in [2.75, 3.05) is 11.1 Å². The molecule has 0 aliphatic heterocycles. The quantitative estimate of drug-likeness (QED) is 0.774. The number of hydrogen-bond acceptors (Lipinski definition) is 3. The first-order chi connectivity index (χ1) is 8.61. The number of para-hydroxylation sites is 1. The van der Waals surface area contributed by atoms with Gasteiger partial charge in [0, 0.05) is 14.6 Å². The maximum absolute atomic E-state index is 8.82. The molecule has 0 bridgehead atoms. The van der Waals surface area contributed by atoms with E-state index in [4.69, 9.17) is 11.0 Å². The summed E-state index contributed by atoms with van der Waals surface area (Å²) in [6.07, 6.45) is 0. The Balaban J connectivity index is 2.35. The van der Waals surface area contributed by atoms with Gasteiger partial charge < -0.3 is 11.1 Å². The van der Waals surface area contributed by atoms with E-state index >= 15 is 0 Å². The average molecular weight is 367 g/mol. The molecule has 90 valence electrons. The van der Waals surface area contributed by atoms with Crippen LogP contribution in [0, 0.1) is 11.3 Å². The second kappa shape index (κ2) is 5.42. The molecule has 5 heteroatoms. The number of halogens is 2. The third kappa shape index (κ3) is 2.66. The summed E-state index contributed by atoms with van der Waals surface area (Å²) in [7, 11) is 0. The standard InChI is InChI=1S/C13H9Br2N3/c14-10-2-1-3-11(15)13(10)18-9-5-4-8(7-16)12(17)6-9/h1-6,18H,17H2. The third-order valence-corrected chi connectivity index (χ3v) is 3.73. The molecule has 0 aliphatic rings. The van der Waals surface area contributed by atoms with Gasteiger partial charge in [0.15, 0.2) is 0 Å². The van der Waals surface area contributed by atoms with Crippen molar-refractivity contribution in [2.24, 2.45) is 0 Å². The second-order valence-corrected chi connectivity index (χ2v) is 5.34. The van der Waals surface area contributed by atoms with Gasteiger partial charge in [-0.3, -0.25) is 0 Å². The summed E-state index contributed by atoms with van der Waals surface area (Å²) in [5.74, 6) is 0. The molecule has 2 aromatic carbocycles. The number of benzene rings is 2. The lowest BCUT2D eigenvalue weighted by molar-refractivity contribution is 1.46. The molecule has 18 heavy (non-hydrogen) atoms. The molecule has 0 heterocycles. The molecule has 0 spiro atoms. The predicted molar refractivity (Wildman–Crippen MR) is 80.7 cm³/mol. The van der Waals surface area contributed by atoms with Crippen LogP contribution in [0.2, 0.25) is 0 Å². The van der Waals surface area contributed by atoms with Gasteiger partial charge >= 0.3 is 0 Å². The summed E-state index contributed by atoms with van der Waals surface area (Å²) < 4.78 is 1.89. The van der Waals surface area contributed by atoms with E-state index < -0.39 is 0 Å². The van der Waals surface area contributed by atoms with Crippen molar-refractivity contribution in [3.8, 4) is 6.07 Å². The third-order valence-electron chi connectivity index (χ3n) is 2.40. The molecule has 0 aliphatic carbocycles. The van der Waals surface area contributed by atoms with Crippen molar-refractivity contribution in [3.05, 3.63) is 50.9 Å². The zero-order valence-corrected chi connectivity index (χ0v) is 12.4. The minimum absolute atomic E-state index is 0.464. The first-order valence-corrected chi connectivity index (χ1v) is 6.71. The molecule has 0 radical (unpaired) electrons. The van der Waals surface area contributed by atoms with Crippen LogP contribution >= 0.6 is 31.9 Å². The average Bonchev–Trinajstić information content (AvgIpc) is 2.34. The highest BCUT2D eigenvalue weighted by Gasteiger charge is 2.06. The van der Waals surface area contributed by atoms with E-state index in [-0.39, 0.29) is 0 Å². The Hall–Kier alpha value is -1.51. The molecule has 3 nitrogen and oxygen atoms in total. The lowest BCUT2D eigenvalue weighted by Gasteiger charge is -2.11. The van der Waals surface area contributed by atoms with Crippen LogP contribution in [0.25, 0.3) is 0 Å². The van der Waals surface area contributed by atoms with Crippen LogP contribution in [0.4, 0.5) is 17.1 Å². The number of rotatable bonds is 2. The van der Waals surface area contributed by atoms with Crippen molar-refractivity contribution < 1.29 is 0 Å². The van der Waals surface area contributed by atoms with Crippen LogP contribution in [-0.2, 0) is 0 Å². The number of nitrogens with two attached hydrogens (primary N) is 1. The number of nitrogens with zero attached hydrogens (tertiary/aromatic N) is 1. The first-order valence-electron chi connectivity index (χ1n) is 5.12. The summed E-state index contributed by atoms with van der Waals surface area (Å²) in [6, 6.07) is 13.1. The van der Waals surface area contributed by atoms with Crippen LogP contribution in [0.3, 0.4) is 0 Å². The Bertz CT molecular complexity index is 612. The monoisotopic (exact) mass is 365 g/mol. The van der Waals surface area contributed by atoms with Gasteiger partial charge in [0.2, 0.25) is 0 Å². The number of nitriles is 1. The van der Waals surface area contributed by atoms with Gasteiger partial charge in [-0.1, -0.05) is 6.07 Å². The van der Waals surface area contributed by atoms with Crippen LogP contribution < -0.4 is 11.1 Å². The predicted octanol–water partition coefficient (Wildman–Crippen LogP) is 4.41. The fourth-order valence-corrected chi connectivity index (χ4v) is 2.70. The van der Waals surface area contributed by atoms with Crippen LogP contribution in [0.5, 0.6) is 0 Å². The molecule has 0 fully saturated rings. The molecule has 0 saturated carbocycles. The highest BCUT2D eigenvalue weighted by atomic mass is 79.9. The van der Waals surface area contributed by atoms with Gasteiger partial charge in [-0.2, -0.15) is 5.26 Å². The molecular weight excluding hydrogens is 358 g/mol. The van der Waals surface area contributed by atoms with E-state index in [9.17, 15) is 0 Å². The highest BCUT2D eigenvalue weighted by Crippen LogP contribution is 2.33. The van der Waals surface area contributed by atoms with Crippen molar-refractivity contribution in [1.82, 2.24) is 0 Å². The number of nitrogens with one attached hydrogen (secondary N) is 1. The van der Waals surface area contributed by atoms with Crippen LogP contribution in [-0.4, -0.2) is 0 Å². The van der Waals surface area contributed by atoms with E-state index in [1.165, 1.54) is 0 Å². The summed E-state index contributed by atoms with van der Waals surface area (Å²) in [6.45, 7) is 0. The Labute approximate surface area is 122 Å². The Morgan fingerprint density at radius 1 is 1.11 bits per heavy atom. The topological polar surface area (TPSA) is 61.8 Å². The summed E-state index contributed by atoms with van der Waals surface area (Å²) in [5, 5.41) is 12.1. The molecule has 3 N–H and O–H groups in total. The minimum Gasteiger partial charge on any atom is -0.398 e. The summed E-state index contributed by atoms with van der Waals surface area (Å²) in [4.78, 5) is 0. The lowest BCUT2D eigenvalue weighted by atomic mass is 10.2. The maximum atomic E-state index is 8.82. The number of anilines is 3. The number of hydrogen-bond donors (Lipinski definition) is 2. The Morgan fingerprint density at radius 3 is 2.33 bits per heavy atom. The fraction of sp³-hybridized carbons (Fsp3) is 0. The highest BCUT2D eigenvalue weighted by molar-refractivity contribution is 9.11. The number of nitrogen functional groups attached to an aromatic ring is 1. The maximum Gasteiger partial charge on any atom is 0.101 e. The van der Waals surface area contributed by atoms with Crippen LogP contribution in [0.1, 0.15) is 5.56 Å². The molecular formula is C13H9Br2N3. The molecule has 0 saturated heterocycles. The molecule has 0 amide bonds. The fourth-order valence-electron chi connectivity index (χ4n) is 1.50. The van der Waals surface area contributed by atoms with Gasteiger partial charge in [-0.25, -0.2) is 0 Å². The first kappa shape index (κ1) is 12.9. The molecule has 0 aromatic heterocycles. The largest absolute Gasteiger partial charge is 0.398 e. The van der Waals surface area contributed by atoms with Crippen molar-refractivity contribution >= 4 is 48.9 Å². The Kier molecular flexibility index (Phi) is 3.90. The van der Waals surface area contributed by atoms with Gasteiger partial charge in [-0.05, 0) is 62.2 Å². The molecule has 2 rings (SSSR count). The second-order valence-electron chi connectivity index (χ2n) is 3.64. The van der Waals surface area contributed by atoms with E-state index in [0.717, 1.165) is 20.3 Å². The van der Waals surface area contributed by atoms with Crippen LogP contribution in [0.15, 0.2) is 45.3 Å². The summed E-state index contributed by atoms with van der Waals surface area (Å²) in [5.41, 5.74) is 8.47. The normalized spacial score (nSPS) is 9.83. The van der Waals surface area contributed by atoms with Crippen molar-refractivity contribution in [2.45, 2.75) is 0 Å². The zero-order valence-electron chi connectivity index (χ0n) is 9.24. The smallest absolute Gasteiger partial charge is 0.101 e. The molecule has 0 atom stereocenters. The van der Waals surface area contributed by atoms with Gasteiger partial charge in [0.25, 0.3) is 0 Å². The zero-order chi connectivity index (χ0) is 13.1. The van der Waals surface area contributed by atoms with Gasteiger partial charge in [0.1, 0.15) is 6.07 Å². The van der Waals surface area contributed by atoms with E-state index in [0.29, 0.717) is 11.3 Å². The lowest BCUT2D eigenvalue weighted by Crippen LogP contribution is -1.96. The van der Waals surface area contributed by atoms with Gasteiger partial charge in [0.05, 0.1) is 16.9 Å². The van der Waals surface area contributed by atoms with Crippen molar-refractivity contribution in [1.29, 1.82) is 5.26 Å². The van der Waals surface area contributed by atoms with Crippen molar-refractivity contribution in [3.63, 3.8) is 0 Å². The van der Waals surface area contributed by atoms with E-state index in [1.807, 2.05) is 30.3 Å². The summed E-state index contributed by atoms with van der Waals surface area (Å²) >= 11 is 6.95. The minimum atomic E-state index is 0.464. The molecule has 0 unspecified atom stereocenters.